The van der Waals surface area contributed by atoms with Gasteiger partial charge in [0.05, 0.1) is 5.56 Å². The molecule has 0 radical (unpaired) electrons. The van der Waals surface area contributed by atoms with Crippen molar-refractivity contribution in [3.8, 4) is 0 Å². The molecule has 0 amide bonds. The third-order valence-electron chi connectivity index (χ3n) is 1.21. The molecule has 0 saturated carbocycles. The summed E-state index contributed by atoms with van der Waals surface area (Å²) < 4.78 is 36.3. The highest BCUT2D eigenvalue weighted by atomic mass is 32.1. The Labute approximate surface area is 72.0 Å². The fraction of sp³-hybridized carbons (Fsp3) is 0.167. The van der Waals surface area contributed by atoms with Gasteiger partial charge in [-0.05, 0) is 6.07 Å². The van der Waals surface area contributed by atoms with E-state index >= 15 is 0 Å². The summed E-state index contributed by atoms with van der Waals surface area (Å²) in [4.78, 5) is 3.23. The topological polar surface area (TPSA) is 38.9 Å². The van der Waals surface area contributed by atoms with E-state index in [-0.39, 0.29) is 10.7 Å². The maximum atomic E-state index is 12.1. The van der Waals surface area contributed by atoms with Gasteiger partial charge in [0.15, 0.2) is 0 Å². The Morgan fingerprint density at radius 2 is 2.00 bits per heavy atom. The van der Waals surface area contributed by atoms with Crippen molar-refractivity contribution >= 4 is 18.4 Å². The number of hydrogen-bond donors (Lipinski definition) is 2. The second-order valence-corrected chi connectivity index (χ2v) is 2.61. The highest BCUT2D eigenvalue weighted by molar-refractivity contribution is 7.80. The van der Waals surface area contributed by atoms with E-state index in [2.05, 4.69) is 17.6 Å². The first-order chi connectivity index (χ1) is 5.41. The molecule has 0 unspecified atom stereocenters. The van der Waals surface area contributed by atoms with E-state index in [4.69, 9.17) is 5.73 Å². The van der Waals surface area contributed by atoms with Gasteiger partial charge in [0.2, 0.25) is 0 Å². The van der Waals surface area contributed by atoms with Crippen LogP contribution in [-0.2, 0) is 6.18 Å². The second-order valence-electron chi connectivity index (χ2n) is 2.12. The van der Waals surface area contributed by atoms with E-state index in [1.54, 1.807) is 0 Å². The van der Waals surface area contributed by atoms with Crippen molar-refractivity contribution in [1.82, 2.24) is 4.98 Å². The molecule has 1 aromatic heterocycles. The number of nitrogens with two attached hydrogens (primary N) is 1. The molecule has 66 valence electrons. The molecular weight excluding hydrogens is 189 g/mol. The van der Waals surface area contributed by atoms with Crippen molar-refractivity contribution in [1.29, 1.82) is 0 Å². The van der Waals surface area contributed by atoms with Gasteiger partial charge in [-0.1, -0.05) is 0 Å². The first-order valence-electron chi connectivity index (χ1n) is 2.93. The van der Waals surface area contributed by atoms with Gasteiger partial charge in [-0.15, -0.1) is 12.6 Å². The molecule has 0 bridgehead atoms. The van der Waals surface area contributed by atoms with E-state index in [1.807, 2.05) is 0 Å². The maximum Gasteiger partial charge on any atom is 0.417 e. The highest BCUT2D eigenvalue weighted by Gasteiger charge is 2.33. The zero-order chi connectivity index (χ0) is 9.35. The molecule has 0 aliphatic rings. The van der Waals surface area contributed by atoms with Crippen LogP contribution >= 0.6 is 12.6 Å². The van der Waals surface area contributed by atoms with Crippen LogP contribution in [0.4, 0.5) is 19.0 Å². The molecule has 0 aliphatic carbocycles. The van der Waals surface area contributed by atoms with Crippen LogP contribution < -0.4 is 5.73 Å². The van der Waals surface area contributed by atoms with Crippen LogP contribution in [0.5, 0.6) is 0 Å². The zero-order valence-corrected chi connectivity index (χ0v) is 6.65. The van der Waals surface area contributed by atoms with Crippen LogP contribution in [0.2, 0.25) is 0 Å². The van der Waals surface area contributed by atoms with E-state index in [0.717, 1.165) is 12.3 Å². The van der Waals surface area contributed by atoms with Crippen LogP contribution in [0.3, 0.4) is 0 Å². The molecule has 2 N–H and O–H groups in total. The Kier molecular flexibility index (Phi) is 2.18. The molecule has 0 spiro atoms. The number of alkyl halides is 3. The summed E-state index contributed by atoms with van der Waals surface area (Å²) >= 11 is 3.60. The normalized spacial score (nSPS) is 11.7. The van der Waals surface area contributed by atoms with E-state index in [0.29, 0.717) is 0 Å². The van der Waals surface area contributed by atoms with Crippen LogP contribution in [0.15, 0.2) is 17.2 Å². The monoisotopic (exact) mass is 194 g/mol. The lowest BCUT2D eigenvalue weighted by Crippen LogP contribution is -2.07. The van der Waals surface area contributed by atoms with Crippen molar-refractivity contribution in [2.24, 2.45) is 0 Å². The average molecular weight is 194 g/mol. The molecule has 0 aromatic carbocycles. The Morgan fingerprint density at radius 3 is 2.42 bits per heavy atom. The van der Waals surface area contributed by atoms with Crippen molar-refractivity contribution in [2.45, 2.75) is 11.1 Å². The summed E-state index contributed by atoms with van der Waals surface area (Å²) in [5.74, 6) is -0.167. The van der Waals surface area contributed by atoms with Gasteiger partial charge < -0.3 is 5.73 Å². The standard InChI is InChI=1S/C6H5F3N2S/c7-6(8,9)3-1-5(10)11-2-4(3)12/h1-2,12H,(H2,10,11). The quantitative estimate of drug-likeness (QED) is 0.620. The first-order valence-corrected chi connectivity index (χ1v) is 3.37. The second kappa shape index (κ2) is 2.85. The molecule has 0 aliphatic heterocycles. The number of nitrogens with zero attached hydrogens (tertiary/aromatic N) is 1. The lowest BCUT2D eigenvalue weighted by Gasteiger charge is -2.08. The van der Waals surface area contributed by atoms with Gasteiger partial charge in [0, 0.05) is 11.1 Å². The summed E-state index contributed by atoms with van der Waals surface area (Å²) in [6.07, 6.45) is -3.45. The number of halogens is 3. The number of nitrogen functional groups attached to an aromatic ring is 1. The van der Waals surface area contributed by atoms with E-state index in [1.165, 1.54) is 0 Å². The number of rotatable bonds is 0. The summed E-state index contributed by atoms with van der Waals surface area (Å²) in [5, 5.41) is 0. The third-order valence-corrected chi connectivity index (χ3v) is 1.57. The smallest absolute Gasteiger partial charge is 0.384 e. The molecule has 0 saturated heterocycles. The van der Waals surface area contributed by atoms with Gasteiger partial charge in [0.25, 0.3) is 0 Å². The fourth-order valence-corrected chi connectivity index (χ4v) is 0.940. The predicted molar refractivity (Wildman–Crippen MR) is 40.9 cm³/mol. The fourth-order valence-electron chi connectivity index (χ4n) is 0.691. The first kappa shape index (κ1) is 9.18. The number of hydrogen-bond acceptors (Lipinski definition) is 3. The summed E-state index contributed by atoms with van der Waals surface area (Å²) in [6.45, 7) is 0. The zero-order valence-electron chi connectivity index (χ0n) is 5.76. The van der Waals surface area contributed by atoms with Gasteiger partial charge in [-0.2, -0.15) is 13.2 Å². The van der Waals surface area contributed by atoms with Gasteiger partial charge in [0.1, 0.15) is 5.82 Å². The summed E-state index contributed by atoms with van der Waals surface area (Å²) in [7, 11) is 0. The molecule has 0 atom stereocenters. The Hall–Kier alpha value is -0.910. The molecular formula is C6H5F3N2S. The molecule has 6 heteroatoms. The Balaban J connectivity index is 3.23. The van der Waals surface area contributed by atoms with Crippen LogP contribution in [-0.4, -0.2) is 4.98 Å². The average Bonchev–Trinajstić information content (AvgIpc) is 1.92. The molecule has 2 nitrogen and oxygen atoms in total. The number of thiol groups is 1. The predicted octanol–water partition coefficient (Wildman–Crippen LogP) is 1.97. The minimum Gasteiger partial charge on any atom is -0.384 e. The van der Waals surface area contributed by atoms with Gasteiger partial charge >= 0.3 is 6.18 Å². The van der Waals surface area contributed by atoms with E-state index in [9.17, 15) is 13.2 Å². The van der Waals surface area contributed by atoms with Crippen LogP contribution in [0, 0.1) is 0 Å². The Morgan fingerprint density at radius 1 is 1.42 bits per heavy atom. The number of anilines is 1. The lowest BCUT2D eigenvalue weighted by atomic mass is 10.2. The highest BCUT2D eigenvalue weighted by Crippen LogP contribution is 2.33. The molecule has 12 heavy (non-hydrogen) atoms. The molecule has 0 fully saturated rings. The van der Waals surface area contributed by atoms with Crippen molar-refractivity contribution in [2.75, 3.05) is 5.73 Å². The van der Waals surface area contributed by atoms with Crippen molar-refractivity contribution in [3.05, 3.63) is 17.8 Å². The van der Waals surface area contributed by atoms with Crippen LogP contribution in [0.1, 0.15) is 5.56 Å². The van der Waals surface area contributed by atoms with E-state index < -0.39 is 11.7 Å². The van der Waals surface area contributed by atoms with Crippen LogP contribution in [0.25, 0.3) is 0 Å². The molecule has 1 heterocycles. The summed E-state index contributed by atoms with van der Waals surface area (Å²) in [5.41, 5.74) is 4.22. The summed E-state index contributed by atoms with van der Waals surface area (Å²) in [6, 6.07) is 0.752. The van der Waals surface area contributed by atoms with Crippen molar-refractivity contribution < 1.29 is 13.2 Å². The molecule has 1 rings (SSSR count). The minimum atomic E-state index is -4.42. The lowest BCUT2D eigenvalue weighted by molar-refractivity contribution is -0.139. The largest absolute Gasteiger partial charge is 0.417 e. The van der Waals surface area contributed by atoms with Crippen molar-refractivity contribution in [3.63, 3.8) is 0 Å². The SMILES string of the molecule is Nc1cc(C(F)(F)F)c(S)cn1. The maximum absolute atomic E-state index is 12.1. The number of aromatic nitrogens is 1. The number of pyridine rings is 1. The Bertz CT molecular complexity index is 297. The van der Waals surface area contributed by atoms with Gasteiger partial charge in [-0.3, -0.25) is 0 Å². The van der Waals surface area contributed by atoms with Gasteiger partial charge in [-0.25, -0.2) is 4.98 Å². The third kappa shape index (κ3) is 1.82. The molecule has 1 aromatic rings. The minimum absolute atomic E-state index is 0.167.